The molecule has 9 aromatic carbocycles. The van der Waals surface area contributed by atoms with E-state index in [2.05, 4.69) is 254 Å². The summed E-state index contributed by atoms with van der Waals surface area (Å²) in [5.41, 5.74) is 14.0. The van der Waals surface area contributed by atoms with Crippen molar-refractivity contribution in [2.75, 3.05) is 4.90 Å². The van der Waals surface area contributed by atoms with Crippen LogP contribution in [0.3, 0.4) is 0 Å². The van der Waals surface area contributed by atoms with Crippen LogP contribution >= 0.6 is 0 Å². The van der Waals surface area contributed by atoms with Crippen molar-refractivity contribution >= 4 is 60.3 Å². The molecular formula is C58H44N2. The van der Waals surface area contributed by atoms with E-state index in [1.54, 1.807) is 0 Å². The van der Waals surface area contributed by atoms with E-state index in [1.807, 2.05) is 0 Å². The maximum atomic E-state index is 2.40. The van der Waals surface area contributed by atoms with E-state index in [0.717, 1.165) is 28.3 Å². The number of anilines is 2. The second kappa shape index (κ2) is 15.9. The SMILES string of the molecule is C\C=C/C(=C\C=C(/C)c1cccc(-c2ccccc2)c1)N(c1cccc(-c2cccc3c2c2ccccc2n3-c2ccccc2)c1)c1ccc2c(ccc3ccccc32)c1. The molecule has 0 aliphatic heterocycles. The molecule has 0 radical (unpaired) electrons. The first kappa shape index (κ1) is 36.6. The molecule has 0 saturated heterocycles. The summed E-state index contributed by atoms with van der Waals surface area (Å²) >= 11 is 0. The third kappa shape index (κ3) is 6.78. The van der Waals surface area contributed by atoms with Crippen LogP contribution < -0.4 is 4.90 Å². The molecule has 0 bridgehead atoms. The molecule has 2 heteroatoms. The van der Waals surface area contributed by atoms with Gasteiger partial charge in [0.25, 0.3) is 0 Å². The molecule has 2 nitrogen and oxygen atoms in total. The van der Waals surface area contributed by atoms with Crippen LogP contribution in [0.25, 0.3) is 76.9 Å². The summed E-state index contributed by atoms with van der Waals surface area (Å²) in [5.74, 6) is 0. The molecule has 0 spiro atoms. The molecule has 1 aromatic heterocycles. The number of nitrogens with zero attached hydrogens (tertiary/aromatic N) is 2. The number of hydrogen-bond donors (Lipinski definition) is 0. The largest absolute Gasteiger partial charge is 0.310 e. The summed E-state index contributed by atoms with van der Waals surface area (Å²) in [6.07, 6.45) is 8.87. The third-order valence-electron chi connectivity index (χ3n) is 11.6. The minimum Gasteiger partial charge on any atom is -0.310 e. The van der Waals surface area contributed by atoms with Crippen LogP contribution in [0.15, 0.2) is 236 Å². The quantitative estimate of drug-likeness (QED) is 0.105. The van der Waals surface area contributed by atoms with Crippen molar-refractivity contribution in [2.45, 2.75) is 13.8 Å². The zero-order chi connectivity index (χ0) is 40.4. The van der Waals surface area contributed by atoms with Crippen LogP contribution in [-0.4, -0.2) is 4.57 Å². The van der Waals surface area contributed by atoms with Gasteiger partial charge in [-0.1, -0.05) is 164 Å². The van der Waals surface area contributed by atoms with Gasteiger partial charge in [-0.3, -0.25) is 0 Å². The number of rotatable bonds is 9. The van der Waals surface area contributed by atoms with Crippen LogP contribution in [-0.2, 0) is 0 Å². The first-order valence-corrected chi connectivity index (χ1v) is 20.7. The Bertz CT molecular complexity index is 3270. The minimum atomic E-state index is 1.06. The Morgan fingerprint density at radius 3 is 1.97 bits per heavy atom. The average molecular weight is 769 g/mol. The first-order valence-electron chi connectivity index (χ1n) is 20.7. The lowest BCUT2D eigenvalue weighted by atomic mass is 9.98. The number of allylic oxidation sites excluding steroid dienone is 5. The summed E-state index contributed by atoms with van der Waals surface area (Å²) in [6.45, 7) is 4.30. The molecule has 0 unspecified atom stereocenters. The van der Waals surface area contributed by atoms with Crippen molar-refractivity contribution in [2.24, 2.45) is 0 Å². The summed E-state index contributed by atoms with van der Waals surface area (Å²) < 4.78 is 2.39. The highest BCUT2D eigenvalue weighted by molar-refractivity contribution is 6.16. The highest BCUT2D eigenvalue weighted by Gasteiger charge is 2.19. The van der Waals surface area contributed by atoms with Gasteiger partial charge in [-0.2, -0.15) is 0 Å². The second-order valence-corrected chi connectivity index (χ2v) is 15.4. The fourth-order valence-corrected chi connectivity index (χ4v) is 8.77. The molecule has 0 atom stereocenters. The van der Waals surface area contributed by atoms with E-state index >= 15 is 0 Å². The predicted molar refractivity (Wildman–Crippen MR) is 258 cm³/mol. The number of para-hydroxylation sites is 2. The molecular weight excluding hydrogens is 725 g/mol. The van der Waals surface area contributed by atoms with Gasteiger partial charge in [-0.25, -0.2) is 0 Å². The standard InChI is InChI=1S/C58H44N2/c1-3-17-48(35-32-41(2)44-21-14-22-45(38-44)42-18-6-4-7-19-42)59(51-36-37-53-47(40-51)34-33-43-20-10-11-27-52(43)53)50-26-15-23-46(39-50)54-29-16-31-57-58(54)55-28-12-13-30-56(55)60(57)49-24-8-5-9-25-49/h3-40H,1-2H3/b17-3-,41-32+,48-35+. The Morgan fingerprint density at radius 1 is 0.467 bits per heavy atom. The molecule has 0 fully saturated rings. The number of fused-ring (bicyclic) bond motifs is 6. The van der Waals surface area contributed by atoms with Gasteiger partial charge in [0.2, 0.25) is 0 Å². The topological polar surface area (TPSA) is 8.17 Å². The molecule has 0 amide bonds. The van der Waals surface area contributed by atoms with Gasteiger partial charge in [-0.15, -0.1) is 0 Å². The van der Waals surface area contributed by atoms with Gasteiger partial charge in [-0.05, 0) is 136 Å². The minimum absolute atomic E-state index is 1.06. The maximum absolute atomic E-state index is 2.40. The predicted octanol–water partition coefficient (Wildman–Crippen LogP) is 16.1. The normalized spacial score (nSPS) is 12.3. The van der Waals surface area contributed by atoms with Crippen molar-refractivity contribution in [3.05, 3.63) is 242 Å². The smallest absolute Gasteiger partial charge is 0.0547 e. The number of aromatic nitrogens is 1. The van der Waals surface area contributed by atoms with Crippen LogP contribution in [0.1, 0.15) is 19.4 Å². The lowest BCUT2D eigenvalue weighted by Crippen LogP contribution is -2.15. The third-order valence-corrected chi connectivity index (χ3v) is 11.6. The van der Waals surface area contributed by atoms with Gasteiger partial charge < -0.3 is 9.47 Å². The molecule has 10 rings (SSSR count). The highest BCUT2D eigenvalue weighted by atomic mass is 15.1. The van der Waals surface area contributed by atoms with E-state index in [4.69, 9.17) is 0 Å². The Morgan fingerprint density at radius 2 is 1.12 bits per heavy atom. The number of benzene rings is 9. The summed E-state index contributed by atoms with van der Waals surface area (Å²) in [6, 6.07) is 74.6. The lowest BCUT2D eigenvalue weighted by molar-refractivity contribution is 1.18. The first-order chi connectivity index (χ1) is 29.6. The van der Waals surface area contributed by atoms with Gasteiger partial charge in [0.15, 0.2) is 0 Å². The molecule has 0 aliphatic carbocycles. The van der Waals surface area contributed by atoms with E-state index in [-0.39, 0.29) is 0 Å². The Kier molecular flexibility index (Phi) is 9.73. The zero-order valence-corrected chi connectivity index (χ0v) is 33.8. The zero-order valence-electron chi connectivity index (χ0n) is 33.8. The molecule has 60 heavy (non-hydrogen) atoms. The monoisotopic (exact) mass is 768 g/mol. The molecule has 0 N–H and O–H groups in total. The Hall–Kier alpha value is -7.68. The second-order valence-electron chi connectivity index (χ2n) is 15.4. The molecule has 1 heterocycles. The van der Waals surface area contributed by atoms with Crippen molar-refractivity contribution in [3.8, 4) is 27.9 Å². The maximum Gasteiger partial charge on any atom is 0.0547 e. The van der Waals surface area contributed by atoms with Crippen LogP contribution in [0.4, 0.5) is 11.4 Å². The fraction of sp³-hybridized carbons (Fsp3) is 0.0345. The Labute approximate surface area is 351 Å². The van der Waals surface area contributed by atoms with Crippen LogP contribution in [0.2, 0.25) is 0 Å². The van der Waals surface area contributed by atoms with Gasteiger partial charge in [0.05, 0.1) is 11.0 Å². The molecule has 0 aliphatic rings. The van der Waals surface area contributed by atoms with Gasteiger partial charge in [0, 0.05) is 33.5 Å². The van der Waals surface area contributed by atoms with Gasteiger partial charge in [0.1, 0.15) is 0 Å². The summed E-state index contributed by atoms with van der Waals surface area (Å²) in [4.78, 5) is 2.40. The Balaban J connectivity index is 1.14. The van der Waals surface area contributed by atoms with E-state index in [1.165, 1.54) is 71.2 Å². The molecule has 286 valence electrons. The molecule has 10 aromatic rings. The van der Waals surface area contributed by atoms with E-state index in [9.17, 15) is 0 Å². The number of hydrogen-bond acceptors (Lipinski definition) is 1. The van der Waals surface area contributed by atoms with Crippen molar-refractivity contribution in [3.63, 3.8) is 0 Å². The fourth-order valence-electron chi connectivity index (χ4n) is 8.77. The van der Waals surface area contributed by atoms with Crippen molar-refractivity contribution < 1.29 is 0 Å². The van der Waals surface area contributed by atoms with Gasteiger partial charge >= 0.3 is 0 Å². The van der Waals surface area contributed by atoms with Crippen LogP contribution in [0, 0.1) is 0 Å². The average Bonchev–Trinajstić information content (AvgIpc) is 3.66. The highest BCUT2D eigenvalue weighted by Crippen LogP contribution is 2.41. The lowest BCUT2D eigenvalue weighted by Gasteiger charge is -2.27. The van der Waals surface area contributed by atoms with E-state index in [0.29, 0.717) is 0 Å². The summed E-state index contributed by atoms with van der Waals surface area (Å²) in [7, 11) is 0. The van der Waals surface area contributed by atoms with Crippen molar-refractivity contribution in [1.82, 2.24) is 4.57 Å². The summed E-state index contributed by atoms with van der Waals surface area (Å²) in [5, 5.41) is 7.45. The van der Waals surface area contributed by atoms with Crippen LogP contribution in [0.5, 0.6) is 0 Å². The van der Waals surface area contributed by atoms with Crippen molar-refractivity contribution in [1.29, 1.82) is 0 Å². The molecule has 0 saturated carbocycles. The van der Waals surface area contributed by atoms with E-state index < -0.39 is 0 Å².